The number of nitrogens with zero attached hydrogens (tertiary/aromatic N) is 1. The average Bonchev–Trinajstić information content (AvgIpc) is 2.41. The Kier molecular flexibility index (Phi) is 4.50. The molecule has 1 atom stereocenters. The zero-order valence-corrected chi connectivity index (χ0v) is 12.6. The number of nitro benzene ring substituents is 1. The molecule has 2 aromatic carbocycles. The fourth-order valence-electron chi connectivity index (χ4n) is 1.53. The van der Waals surface area contributed by atoms with Crippen molar-refractivity contribution in [2.45, 2.75) is 0 Å². The van der Waals surface area contributed by atoms with E-state index in [-0.39, 0.29) is 11.4 Å². The Bertz CT molecular complexity index is 687. The van der Waals surface area contributed by atoms with E-state index in [2.05, 4.69) is 0 Å². The van der Waals surface area contributed by atoms with E-state index in [9.17, 15) is 14.7 Å². The lowest BCUT2D eigenvalue weighted by molar-refractivity contribution is -0.384. The number of benzene rings is 2. The van der Waals surface area contributed by atoms with Crippen molar-refractivity contribution in [3.63, 3.8) is 0 Å². The van der Waals surface area contributed by atoms with Gasteiger partial charge in [0.15, 0.2) is 0 Å². The van der Waals surface area contributed by atoms with Crippen molar-refractivity contribution in [3.8, 4) is 11.5 Å². The minimum Gasteiger partial charge on any atom is -0.416 e. The standard InChI is InChI=1S/C13H11ClNO5P/c1-21(18,19-12-6-2-10(14)3-7-12)20-13-8-4-11(5-9-13)15(16)17/h2-9H,1H3. The lowest BCUT2D eigenvalue weighted by Gasteiger charge is -2.16. The predicted molar refractivity (Wildman–Crippen MR) is 79.3 cm³/mol. The molecule has 0 saturated heterocycles. The molecule has 0 fully saturated rings. The van der Waals surface area contributed by atoms with E-state index < -0.39 is 12.5 Å². The smallest absolute Gasteiger partial charge is 0.416 e. The quantitative estimate of drug-likeness (QED) is 0.458. The third-order valence-corrected chi connectivity index (χ3v) is 3.74. The molecule has 8 heteroatoms. The van der Waals surface area contributed by atoms with Crippen LogP contribution in [-0.4, -0.2) is 11.6 Å². The van der Waals surface area contributed by atoms with Gasteiger partial charge in [0.2, 0.25) is 0 Å². The highest BCUT2D eigenvalue weighted by atomic mass is 35.5. The summed E-state index contributed by atoms with van der Waals surface area (Å²) in [5.74, 6) is 0.576. The molecule has 0 aliphatic carbocycles. The van der Waals surface area contributed by atoms with Gasteiger partial charge in [-0.25, -0.2) is 4.57 Å². The molecule has 0 aliphatic rings. The highest BCUT2D eigenvalue weighted by Gasteiger charge is 2.21. The van der Waals surface area contributed by atoms with Crippen LogP contribution in [0.15, 0.2) is 48.5 Å². The molecule has 2 rings (SSSR count). The first kappa shape index (κ1) is 15.4. The maximum Gasteiger partial charge on any atom is 0.427 e. The van der Waals surface area contributed by atoms with Crippen LogP contribution in [0.5, 0.6) is 11.5 Å². The van der Waals surface area contributed by atoms with Crippen LogP contribution in [0, 0.1) is 10.1 Å². The van der Waals surface area contributed by atoms with E-state index in [1.807, 2.05) is 0 Å². The van der Waals surface area contributed by atoms with Gasteiger partial charge in [0.25, 0.3) is 5.69 Å². The molecule has 0 heterocycles. The maximum absolute atomic E-state index is 12.2. The summed E-state index contributed by atoms with van der Waals surface area (Å²) in [5, 5.41) is 11.1. The minimum absolute atomic E-state index is 0.0769. The molecular weight excluding hydrogens is 317 g/mol. The van der Waals surface area contributed by atoms with Gasteiger partial charge in [-0.3, -0.25) is 10.1 Å². The second-order valence-corrected chi connectivity index (χ2v) is 6.50. The second-order valence-electron chi connectivity index (χ2n) is 4.16. The monoisotopic (exact) mass is 327 g/mol. The number of hydrogen-bond donors (Lipinski definition) is 0. The second kappa shape index (κ2) is 6.16. The van der Waals surface area contributed by atoms with E-state index in [0.29, 0.717) is 10.8 Å². The van der Waals surface area contributed by atoms with Crippen LogP contribution in [0.25, 0.3) is 0 Å². The van der Waals surface area contributed by atoms with E-state index in [0.717, 1.165) is 0 Å². The number of nitro groups is 1. The largest absolute Gasteiger partial charge is 0.427 e. The first-order valence-electron chi connectivity index (χ1n) is 5.82. The van der Waals surface area contributed by atoms with Gasteiger partial charge in [0.05, 0.1) is 11.6 Å². The van der Waals surface area contributed by atoms with Gasteiger partial charge in [0, 0.05) is 17.2 Å². The third kappa shape index (κ3) is 4.48. The van der Waals surface area contributed by atoms with Gasteiger partial charge in [-0.2, -0.15) is 0 Å². The highest BCUT2D eigenvalue weighted by molar-refractivity contribution is 7.53. The molecule has 0 bridgehead atoms. The maximum atomic E-state index is 12.2. The lowest BCUT2D eigenvalue weighted by atomic mass is 10.3. The molecule has 2 aromatic rings. The van der Waals surface area contributed by atoms with Crippen LogP contribution >= 0.6 is 19.2 Å². The van der Waals surface area contributed by atoms with Crippen molar-refractivity contribution in [2.24, 2.45) is 0 Å². The molecule has 110 valence electrons. The summed E-state index contributed by atoms with van der Waals surface area (Å²) in [5.41, 5.74) is -0.0769. The Hall–Kier alpha value is -2.04. The molecule has 0 aromatic heterocycles. The van der Waals surface area contributed by atoms with Gasteiger partial charge < -0.3 is 9.05 Å². The molecule has 21 heavy (non-hydrogen) atoms. The molecular formula is C13H11ClNO5P. The van der Waals surface area contributed by atoms with Gasteiger partial charge in [-0.15, -0.1) is 0 Å². The SMILES string of the molecule is CP(=O)(Oc1ccc(Cl)cc1)Oc1ccc([N+](=O)[O-])cc1. The zero-order chi connectivity index (χ0) is 15.5. The van der Waals surface area contributed by atoms with Crippen LogP contribution in [-0.2, 0) is 4.57 Å². The van der Waals surface area contributed by atoms with Crippen molar-refractivity contribution < 1.29 is 18.5 Å². The topological polar surface area (TPSA) is 78.7 Å². The fraction of sp³-hybridized carbons (Fsp3) is 0.0769. The van der Waals surface area contributed by atoms with E-state index in [1.54, 1.807) is 24.3 Å². The Balaban J connectivity index is 2.08. The highest BCUT2D eigenvalue weighted by Crippen LogP contribution is 2.45. The van der Waals surface area contributed by atoms with Crippen molar-refractivity contribution in [2.75, 3.05) is 6.66 Å². The van der Waals surface area contributed by atoms with Crippen molar-refractivity contribution in [1.82, 2.24) is 0 Å². The Morgan fingerprint density at radius 2 is 1.43 bits per heavy atom. The first-order valence-corrected chi connectivity index (χ1v) is 8.19. The van der Waals surface area contributed by atoms with Crippen LogP contribution in [0.1, 0.15) is 0 Å². The fourth-order valence-corrected chi connectivity index (χ4v) is 2.70. The molecule has 0 N–H and O–H groups in total. The van der Waals surface area contributed by atoms with Gasteiger partial charge in [-0.1, -0.05) is 11.6 Å². The van der Waals surface area contributed by atoms with E-state index in [1.165, 1.54) is 30.9 Å². The van der Waals surface area contributed by atoms with E-state index >= 15 is 0 Å². The summed E-state index contributed by atoms with van der Waals surface area (Å²) < 4.78 is 22.8. The Morgan fingerprint density at radius 3 is 1.86 bits per heavy atom. The number of hydrogen-bond acceptors (Lipinski definition) is 5. The Labute approximate surface area is 125 Å². The lowest BCUT2D eigenvalue weighted by Crippen LogP contribution is -1.99. The molecule has 0 spiro atoms. The number of halogens is 1. The van der Waals surface area contributed by atoms with Crippen molar-refractivity contribution >= 4 is 24.9 Å². The summed E-state index contributed by atoms with van der Waals surface area (Å²) in [6.45, 7) is 1.31. The molecule has 0 amide bonds. The van der Waals surface area contributed by atoms with Crippen LogP contribution < -0.4 is 9.05 Å². The van der Waals surface area contributed by atoms with Gasteiger partial charge in [-0.05, 0) is 36.4 Å². The minimum atomic E-state index is -3.40. The summed E-state index contributed by atoms with van der Waals surface area (Å²) in [4.78, 5) is 10.0. The van der Waals surface area contributed by atoms with Crippen LogP contribution in [0.2, 0.25) is 5.02 Å². The van der Waals surface area contributed by atoms with Crippen molar-refractivity contribution in [1.29, 1.82) is 0 Å². The Morgan fingerprint density at radius 1 is 1.00 bits per heavy atom. The normalized spacial score (nSPS) is 13.2. The zero-order valence-electron chi connectivity index (χ0n) is 10.9. The van der Waals surface area contributed by atoms with Crippen molar-refractivity contribution in [3.05, 3.63) is 63.7 Å². The molecule has 1 unspecified atom stereocenters. The predicted octanol–water partition coefficient (Wildman–Crippen LogP) is 4.53. The molecule has 0 radical (unpaired) electrons. The molecule has 0 aliphatic heterocycles. The molecule has 6 nitrogen and oxygen atoms in total. The number of non-ortho nitro benzene ring substituents is 1. The summed E-state index contributed by atoms with van der Waals surface area (Å²) >= 11 is 5.74. The van der Waals surface area contributed by atoms with Crippen LogP contribution in [0.3, 0.4) is 0 Å². The summed E-state index contributed by atoms with van der Waals surface area (Å²) in [7, 11) is -3.40. The van der Waals surface area contributed by atoms with E-state index in [4.69, 9.17) is 20.6 Å². The summed E-state index contributed by atoms with van der Waals surface area (Å²) in [6.07, 6.45) is 0. The third-order valence-electron chi connectivity index (χ3n) is 2.40. The molecule has 0 saturated carbocycles. The first-order chi connectivity index (χ1) is 9.85. The average molecular weight is 328 g/mol. The van der Waals surface area contributed by atoms with Crippen LogP contribution in [0.4, 0.5) is 5.69 Å². The summed E-state index contributed by atoms with van der Waals surface area (Å²) in [6, 6.07) is 11.6. The number of rotatable bonds is 5. The van der Waals surface area contributed by atoms with Gasteiger partial charge >= 0.3 is 7.60 Å². The van der Waals surface area contributed by atoms with Gasteiger partial charge in [0.1, 0.15) is 11.5 Å².